The molecule has 30 heavy (non-hydrogen) atoms. The van der Waals surface area contributed by atoms with Crippen molar-refractivity contribution in [3.8, 4) is 5.75 Å². The van der Waals surface area contributed by atoms with Crippen LogP contribution in [-0.4, -0.2) is 13.3 Å². The van der Waals surface area contributed by atoms with Crippen LogP contribution in [-0.2, 0) is 6.18 Å². The molecule has 0 spiro atoms. The Morgan fingerprint density at radius 3 is 1.60 bits per heavy atom. The van der Waals surface area contributed by atoms with Gasteiger partial charge in [0.05, 0.1) is 18.2 Å². The van der Waals surface area contributed by atoms with Gasteiger partial charge in [-0.1, -0.05) is 54.6 Å². The van der Waals surface area contributed by atoms with Gasteiger partial charge in [-0.2, -0.15) is 26.3 Å². The molecule has 0 heterocycles. The van der Waals surface area contributed by atoms with Crippen LogP contribution in [0.5, 0.6) is 5.75 Å². The van der Waals surface area contributed by atoms with Gasteiger partial charge in [0, 0.05) is 5.57 Å². The standard InChI is InChI=1S/C23H16F6O/c1-30-19-13-9-16(10-14-19)20(15-5-3-2-4-6-15)21(23(27,28)29)17-7-11-18(12-8-17)22(24,25)26/h2-14H,1H3/b21-20+. The number of ether oxygens (including phenoxy) is 1. The Morgan fingerprint density at radius 1 is 0.633 bits per heavy atom. The van der Waals surface area contributed by atoms with Crippen LogP contribution < -0.4 is 4.74 Å². The topological polar surface area (TPSA) is 9.23 Å². The fourth-order valence-electron chi connectivity index (χ4n) is 3.09. The molecule has 0 N–H and O–H groups in total. The Kier molecular flexibility index (Phi) is 5.92. The molecule has 0 saturated carbocycles. The summed E-state index contributed by atoms with van der Waals surface area (Å²) in [5, 5.41) is 0. The first-order chi connectivity index (χ1) is 14.1. The first kappa shape index (κ1) is 21.5. The molecule has 0 radical (unpaired) electrons. The first-order valence-corrected chi connectivity index (χ1v) is 8.80. The molecular formula is C23H16F6O. The Morgan fingerprint density at radius 2 is 1.13 bits per heavy atom. The Hall–Kier alpha value is -3.22. The van der Waals surface area contributed by atoms with E-state index in [9.17, 15) is 26.3 Å². The molecule has 0 unspecified atom stereocenters. The lowest BCUT2D eigenvalue weighted by Crippen LogP contribution is -2.14. The van der Waals surface area contributed by atoms with Gasteiger partial charge in [0.1, 0.15) is 5.75 Å². The maximum absolute atomic E-state index is 14.2. The summed E-state index contributed by atoms with van der Waals surface area (Å²) in [4.78, 5) is 0. The zero-order chi connectivity index (χ0) is 21.9. The van der Waals surface area contributed by atoms with Crippen molar-refractivity contribution >= 4 is 11.1 Å². The van der Waals surface area contributed by atoms with Crippen molar-refractivity contribution in [1.29, 1.82) is 0 Å². The molecule has 0 aliphatic carbocycles. The fraction of sp³-hybridized carbons (Fsp3) is 0.130. The highest BCUT2D eigenvalue weighted by atomic mass is 19.4. The molecule has 0 amide bonds. The molecule has 0 fully saturated rings. The van der Waals surface area contributed by atoms with Crippen LogP contribution >= 0.6 is 0 Å². The second-order valence-corrected chi connectivity index (χ2v) is 6.42. The second-order valence-electron chi connectivity index (χ2n) is 6.42. The van der Waals surface area contributed by atoms with Gasteiger partial charge in [0.2, 0.25) is 0 Å². The molecule has 0 saturated heterocycles. The Labute approximate surface area is 169 Å². The Balaban J connectivity index is 2.30. The maximum Gasteiger partial charge on any atom is 0.417 e. The van der Waals surface area contributed by atoms with E-state index in [1.54, 1.807) is 18.2 Å². The summed E-state index contributed by atoms with van der Waals surface area (Å²) < 4.78 is 86.3. The Bertz CT molecular complexity index is 1010. The molecule has 0 aromatic heterocycles. The van der Waals surface area contributed by atoms with Crippen LogP contribution in [0.2, 0.25) is 0 Å². The lowest BCUT2D eigenvalue weighted by Gasteiger charge is -2.20. The van der Waals surface area contributed by atoms with Crippen LogP contribution in [0.1, 0.15) is 22.3 Å². The van der Waals surface area contributed by atoms with E-state index in [2.05, 4.69) is 0 Å². The number of benzene rings is 3. The number of halogens is 6. The van der Waals surface area contributed by atoms with Crippen molar-refractivity contribution in [3.63, 3.8) is 0 Å². The van der Waals surface area contributed by atoms with Gasteiger partial charge >= 0.3 is 12.4 Å². The SMILES string of the molecule is COc1ccc(/C(=C(\c2ccc(C(F)(F)F)cc2)C(F)(F)F)c2ccccc2)cc1. The zero-order valence-corrected chi connectivity index (χ0v) is 15.7. The van der Waals surface area contributed by atoms with Gasteiger partial charge in [-0.25, -0.2) is 0 Å². The van der Waals surface area contributed by atoms with Gasteiger partial charge in [0.15, 0.2) is 0 Å². The normalized spacial score (nSPS) is 13.0. The van der Waals surface area contributed by atoms with Gasteiger partial charge in [-0.05, 0) is 41.0 Å². The number of allylic oxidation sites excluding steroid dienone is 1. The minimum absolute atomic E-state index is 0.134. The maximum atomic E-state index is 14.2. The third-order valence-electron chi connectivity index (χ3n) is 4.48. The first-order valence-electron chi connectivity index (χ1n) is 8.80. The van der Waals surface area contributed by atoms with Crippen molar-refractivity contribution in [2.75, 3.05) is 7.11 Å². The fourth-order valence-corrected chi connectivity index (χ4v) is 3.09. The van der Waals surface area contributed by atoms with E-state index in [4.69, 9.17) is 4.74 Å². The average Bonchev–Trinajstić information content (AvgIpc) is 2.71. The van der Waals surface area contributed by atoms with Crippen LogP contribution in [0.3, 0.4) is 0 Å². The number of hydrogen-bond acceptors (Lipinski definition) is 1. The van der Waals surface area contributed by atoms with E-state index >= 15 is 0 Å². The van der Waals surface area contributed by atoms with Crippen LogP contribution in [0, 0.1) is 0 Å². The summed E-state index contributed by atoms with van der Waals surface area (Å²) in [6.07, 6.45) is -9.45. The predicted molar refractivity (Wildman–Crippen MR) is 103 cm³/mol. The van der Waals surface area contributed by atoms with Crippen LogP contribution in [0.25, 0.3) is 11.1 Å². The van der Waals surface area contributed by atoms with Crippen LogP contribution in [0.4, 0.5) is 26.3 Å². The highest BCUT2D eigenvalue weighted by Gasteiger charge is 2.39. The molecule has 3 aromatic rings. The monoisotopic (exact) mass is 422 g/mol. The van der Waals surface area contributed by atoms with Gasteiger partial charge in [0.25, 0.3) is 0 Å². The average molecular weight is 422 g/mol. The minimum atomic E-state index is -4.81. The highest BCUT2D eigenvalue weighted by Crippen LogP contribution is 2.43. The molecule has 0 bridgehead atoms. The summed E-state index contributed by atoms with van der Waals surface area (Å²) >= 11 is 0. The summed E-state index contributed by atoms with van der Waals surface area (Å²) in [5.41, 5.74) is -1.98. The number of hydrogen-bond donors (Lipinski definition) is 0. The molecular weight excluding hydrogens is 406 g/mol. The van der Waals surface area contributed by atoms with Crippen LogP contribution in [0.15, 0.2) is 78.9 Å². The summed E-state index contributed by atoms with van der Waals surface area (Å²) in [7, 11) is 1.44. The van der Waals surface area contributed by atoms with Crippen molar-refractivity contribution in [2.24, 2.45) is 0 Å². The van der Waals surface area contributed by atoms with Gasteiger partial charge in [-0.15, -0.1) is 0 Å². The second kappa shape index (κ2) is 8.26. The van der Waals surface area contributed by atoms with E-state index in [1.807, 2.05) is 0 Å². The van der Waals surface area contributed by atoms with E-state index < -0.39 is 23.5 Å². The lowest BCUT2D eigenvalue weighted by atomic mass is 9.89. The molecule has 156 valence electrons. The number of rotatable bonds is 4. The smallest absolute Gasteiger partial charge is 0.417 e. The van der Waals surface area contributed by atoms with Crippen molar-refractivity contribution in [1.82, 2.24) is 0 Å². The molecule has 0 atom stereocenters. The minimum Gasteiger partial charge on any atom is -0.497 e. The van der Waals surface area contributed by atoms with Gasteiger partial charge in [-0.3, -0.25) is 0 Å². The van der Waals surface area contributed by atoms with E-state index in [-0.39, 0.29) is 22.3 Å². The molecule has 3 rings (SSSR count). The zero-order valence-electron chi connectivity index (χ0n) is 15.7. The van der Waals surface area contributed by atoms with E-state index in [0.717, 1.165) is 12.1 Å². The summed E-state index contributed by atoms with van der Waals surface area (Å²) in [6.45, 7) is 0. The third-order valence-corrected chi connectivity index (χ3v) is 4.48. The van der Waals surface area contributed by atoms with Crippen molar-refractivity contribution in [3.05, 3.63) is 101 Å². The third kappa shape index (κ3) is 4.67. The predicted octanol–water partition coefficient (Wildman–Crippen LogP) is 7.24. The van der Waals surface area contributed by atoms with Crippen molar-refractivity contribution < 1.29 is 31.1 Å². The summed E-state index contributed by atoms with van der Waals surface area (Å²) in [6, 6.07) is 16.9. The van der Waals surface area contributed by atoms with E-state index in [0.29, 0.717) is 17.9 Å². The molecule has 0 aliphatic heterocycles. The van der Waals surface area contributed by atoms with E-state index in [1.165, 1.54) is 43.5 Å². The molecule has 3 aromatic carbocycles. The largest absolute Gasteiger partial charge is 0.497 e. The van der Waals surface area contributed by atoms with Gasteiger partial charge < -0.3 is 4.74 Å². The lowest BCUT2D eigenvalue weighted by molar-refractivity contribution is -0.137. The molecule has 0 aliphatic rings. The molecule has 7 heteroatoms. The summed E-state index contributed by atoms with van der Waals surface area (Å²) in [5.74, 6) is 0.467. The number of methoxy groups -OCH3 is 1. The quantitative estimate of drug-likeness (QED) is 0.318. The highest BCUT2D eigenvalue weighted by molar-refractivity contribution is 6.00. The number of alkyl halides is 6. The van der Waals surface area contributed by atoms with Crippen molar-refractivity contribution in [2.45, 2.75) is 12.4 Å². The molecule has 1 nitrogen and oxygen atoms in total.